The van der Waals surface area contributed by atoms with E-state index in [0.29, 0.717) is 22.2 Å². The Bertz CT molecular complexity index is 1320. The highest BCUT2D eigenvalue weighted by atomic mass is 16.2. The minimum absolute atomic E-state index is 0.171. The largest absolute Gasteiger partial charge is 0.329 e. The van der Waals surface area contributed by atoms with E-state index in [0.717, 1.165) is 15.7 Å². The molecule has 4 rings (SSSR count). The van der Waals surface area contributed by atoms with E-state index < -0.39 is 11.2 Å². The van der Waals surface area contributed by atoms with Gasteiger partial charge >= 0.3 is 5.69 Å². The minimum Gasteiger partial charge on any atom is -0.322 e. The summed E-state index contributed by atoms with van der Waals surface area (Å²) in [4.78, 5) is 40.5. The van der Waals surface area contributed by atoms with E-state index in [1.54, 1.807) is 30.3 Å². The van der Waals surface area contributed by atoms with Crippen molar-refractivity contribution in [2.45, 2.75) is 13.5 Å². The molecular weight excluding hydrogens is 366 g/mol. The van der Waals surface area contributed by atoms with Crippen LogP contribution in [0.1, 0.15) is 21.5 Å². The zero-order valence-corrected chi connectivity index (χ0v) is 15.8. The predicted molar refractivity (Wildman–Crippen MR) is 114 cm³/mol. The van der Waals surface area contributed by atoms with Crippen LogP contribution in [0.3, 0.4) is 0 Å². The molecule has 1 amide bonds. The van der Waals surface area contributed by atoms with Gasteiger partial charge in [-0.05, 0) is 42.8 Å². The molecule has 0 bridgehead atoms. The summed E-state index contributed by atoms with van der Waals surface area (Å²) >= 11 is 0. The Morgan fingerprint density at radius 1 is 0.966 bits per heavy atom. The zero-order chi connectivity index (χ0) is 20.4. The van der Waals surface area contributed by atoms with Gasteiger partial charge in [0.25, 0.3) is 11.5 Å². The number of hydrogen-bond donors (Lipinski definition) is 2. The second-order valence-electron chi connectivity index (χ2n) is 6.89. The third-order valence-electron chi connectivity index (χ3n) is 4.70. The van der Waals surface area contributed by atoms with Crippen molar-refractivity contribution in [1.82, 2.24) is 9.55 Å². The Balaban J connectivity index is 1.70. The van der Waals surface area contributed by atoms with Gasteiger partial charge in [-0.1, -0.05) is 48.0 Å². The molecule has 0 saturated heterocycles. The number of H-pyrrole nitrogens is 1. The Morgan fingerprint density at radius 3 is 2.52 bits per heavy atom. The van der Waals surface area contributed by atoms with E-state index >= 15 is 0 Å². The number of hydrogen-bond acceptors (Lipinski definition) is 3. The molecule has 2 N–H and O–H groups in total. The number of aromatic nitrogens is 2. The third kappa shape index (κ3) is 3.87. The SMILES string of the molecule is Cc1cccc(C(=O)Nc2ccc3[nH]c(=O)n(Cc4ccccc4)c(=O)c3c2)c1. The van der Waals surface area contributed by atoms with Gasteiger partial charge in [-0.25, -0.2) is 4.79 Å². The fraction of sp³-hybridized carbons (Fsp3) is 0.0870. The molecule has 0 spiro atoms. The summed E-state index contributed by atoms with van der Waals surface area (Å²) < 4.78 is 1.16. The highest BCUT2D eigenvalue weighted by molar-refractivity contribution is 6.05. The van der Waals surface area contributed by atoms with Crippen molar-refractivity contribution in [3.63, 3.8) is 0 Å². The number of amides is 1. The van der Waals surface area contributed by atoms with Crippen molar-refractivity contribution in [2.75, 3.05) is 5.32 Å². The van der Waals surface area contributed by atoms with Crippen molar-refractivity contribution >= 4 is 22.5 Å². The van der Waals surface area contributed by atoms with E-state index in [1.165, 1.54) is 0 Å². The molecule has 1 heterocycles. The summed E-state index contributed by atoms with van der Waals surface area (Å²) in [5, 5.41) is 3.15. The number of anilines is 1. The van der Waals surface area contributed by atoms with Crippen LogP contribution in [0.5, 0.6) is 0 Å². The Hall–Kier alpha value is -3.93. The molecule has 144 valence electrons. The summed E-state index contributed by atoms with van der Waals surface area (Å²) in [5.41, 5.74) is 2.41. The molecule has 1 aromatic heterocycles. The van der Waals surface area contributed by atoms with Crippen LogP contribution in [-0.4, -0.2) is 15.5 Å². The molecule has 0 radical (unpaired) electrons. The Kier molecular flexibility index (Phi) is 4.83. The van der Waals surface area contributed by atoms with E-state index in [9.17, 15) is 14.4 Å². The van der Waals surface area contributed by atoms with Crippen LogP contribution in [0, 0.1) is 6.92 Å². The molecule has 0 fully saturated rings. The summed E-state index contributed by atoms with van der Waals surface area (Å²) in [6.07, 6.45) is 0. The first-order valence-corrected chi connectivity index (χ1v) is 9.20. The summed E-state index contributed by atoms with van der Waals surface area (Å²) in [6, 6.07) is 21.4. The van der Waals surface area contributed by atoms with Crippen LogP contribution in [-0.2, 0) is 6.54 Å². The number of rotatable bonds is 4. The molecule has 6 heteroatoms. The number of nitrogens with one attached hydrogen (secondary N) is 2. The fourth-order valence-corrected chi connectivity index (χ4v) is 3.23. The first-order valence-electron chi connectivity index (χ1n) is 9.20. The van der Waals surface area contributed by atoms with Crippen LogP contribution in [0.4, 0.5) is 5.69 Å². The summed E-state index contributed by atoms with van der Waals surface area (Å²) in [7, 11) is 0. The maximum atomic E-state index is 12.9. The van der Waals surface area contributed by atoms with Gasteiger partial charge in [0.05, 0.1) is 17.4 Å². The standard InChI is InChI=1S/C23H19N3O3/c1-15-6-5-9-17(12-15)21(27)24-18-10-11-20-19(13-18)22(28)26(23(29)25-20)14-16-7-3-2-4-8-16/h2-13H,14H2,1H3,(H,24,27)(H,25,29). The highest BCUT2D eigenvalue weighted by Gasteiger charge is 2.11. The molecule has 6 nitrogen and oxygen atoms in total. The molecule has 4 aromatic rings. The van der Waals surface area contributed by atoms with Gasteiger partial charge in [0.2, 0.25) is 0 Å². The number of aromatic amines is 1. The second kappa shape index (κ2) is 7.59. The molecule has 0 aliphatic carbocycles. The molecule has 0 atom stereocenters. The number of benzene rings is 3. The average molecular weight is 385 g/mol. The van der Waals surface area contributed by atoms with Crippen molar-refractivity contribution in [3.05, 3.63) is 110 Å². The number of nitrogens with zero attached hydrogens (tertiary/aromatic N) is 1. The lowest BCUT2D eigenvalue weighted by Gasteiger charge is -2.09. The fourth-order valence-electron chi connectivity index (χ4n) is 3.23. The molecule has 3 aromatic carbocycles. The van der Waals surface area contributed by atoms with Gasteiger partial charge in [-0.15, -0.1) is 0 Å². The normalized spacial score (nSPS) is 10.8. The maximum absolute atomic E-state index is 12.9. The quantitative estimate of drug-likeness (QED) is 0.565. The lowest BCUT2D eigenvalue weighted by Crippen LogP contribution is -2.35. The van der Waals surface area contributed by atoms with E-state index in [4.69, 9.17) is 0 Å². The average Bonchev–Trinajstić information content (AvgIpc) is 2.72. The zero-order valence-electron chi connectivity index (χ0n) is 15.8. The molecular formula is C23H19N3O3. The van der Waals surface area contributed by atoms with Crippen molar-refractivity contribution in [1.29, 1.82) is 0 Å². The Morgan fingerprint density at radius 2 is 1.76 bits per heavy atom. The van der Waals surface area contributed by atoms with Gasteiger partial charge in [0.1, 0.15) is 0 Å². The lowest BCUT2D eigenvalue weighted by atomic mass is 10.1. The Labute approximate surface area is 166 Å². The molecule has 0 unspecified atom stereocenters. The van der Waals surface area contributed by atoms with E-state index in [2.05, 4.69) is 10.3 Å². The van der Waals surface area contributed by atoms with Crippen LogP contribution in [0.2, 0.25) is 0 Å². The first kappa shape index (κ1) is 18.4. The van der Waals surface area contributed by atoms with E-state index in [-0.39, 0.29) is 12.5 Å². The van der Waals surface area contributed by atoms with Gasteiger partial charge in [0, 0.05) is 11.3 Å². The van der Waals surface area contributed by atoms with Crippen LogP contribution >= 0.6 is 0 Å². The topological polar surface area (TPSA) is 84.0 Å². The molecule has 0 saturated carbocycles. The number of fused-ring (bicyclic) bond motifs is 1. The third-order valence-corrected chi connectivity index (χ3v) is 4.70. The van der Waals surface area contributed by atoms with Gasteiger partial charge in [-0.3, -0.25) is 14.2 Å². The van der Waals surface area contributed by atoms with Crippen molar-refractivity contribution in [3.8, 4) is 0 Å². The van der Waals surface area contributed by atoms with E-state index in [1.807, 2.05) is 49.4 Å². The first-order chi connectivity index (χ1) is 14.0. The minimum atomic E-state index is -0.470. The lowest BCUT2D eigenvalue weighted by molar-refractivity contribution is 0.102. The monoisotopic (exact) mass is 385 g/mol. The second-order valence-corrected chi connectivity index (χ2v) is 6.89. The number of aryl methyl sites for hydroxylation is 1. The van der Waals surface area contributed by atoms with Crippen molar-refractivity contribution < 1.29 is 4.79 Å². The highest BCUT2D eigenvalue weighted by Crippen LogP contribution is 2.15. The summed E-state index contributed by atoms with van der Waals surface area (Å²) in [5.74, 6) is -0.262. The molecule has 0 aliphatic heterocycles. The van der Waals surface area contributed by atoms with Crippen LogP contribution in [0.25, 0.3) is 10.9 Å². The number of carbonyl (C=O) groups is 1. The van der Waals surface area contributed by atoms with Crippen LogP contribution < -0.4 is 16.6 Å². The van der Waals surface area contributed by atoms with Gasteiger partial charge < -0.3 is 10.3 Å². The van der Waals surface area contributed by atoms with Gasteiger partial charge in [0.15, 0.2) is 0 Å². The maximum Gasteiger partial charge on any atom is 0.329 e. The smallest absolute Gasteiger partial charge is 0.322 e. The predicted octanol–water partition coefficient (Wildman–Crippen LogP) is 3.30. The van der Waals surface area contributed by atoms with Gasteiger partial charge in [-0.2, -0.15) is 0 Å². The van der Waals surface area contributed by atoms with Crippen LogP contribution in [0.15, 0.2) is 82.4 Å². The molecule has 29 heavy (non-hydrogen) atoms. The number of carbonyl (C=O) groups excluding carboxylic acids is 1. The molecule has 0 aliphatic rings. The van der Waals surface area contributed by atoms with Crippen molar-refractivity contribution in [2.24, 2.45) is 0 Å². The summed E-state index contributed by atoms with van der Waals surface area (Å²) in [6.45, 7) is 2.09.